The molecule has 0 saturated heterocycles. The van der Waals surface area contributed by atoms with Crippen molar-refractivity contribution in [1.82, 2.24) is 4.72 Å². The van der Waals surface area contributed by atoms with Crippen LogP contribution in [0.3, 0.4) is 0 Å². The van der Waals surface area contributed by atoms with E-state index in [0.717, 1.165) is 11.1 Å². The maximum atomic E-state index is 12.3. The van der Waals surface area contributed by atoms with Crippen molar-refractivity contribution < 1.29 is 8.42 Å². The van der Waals surface area contributed by atoms with Crippen LogP contribution in [0.4, 0.5) is 0 Å². The van der Waals surface area contributed by atoms with E-state index in [0.29, 0.717) is 10.6 Å². The maximum absolute atomic E-state index is 12.3. The van der Waals surface area contributed by atoms with Crippen LogP contribution in [0.1, 0.15) is 16.7 Å². The molecule has 2 rings (SSSR count). The number of rotatable bonds is 3. The first-order valence-corrected chi connectivity index (χ1v) is 8.56. The van der Waals surface area contributed by atoms with Gasteiger partial charge in [0.2, 0.25) is 10.0 Å². The van der Waals surface area contributed by atoms with Gasteiger partial charge in [0.1, 0.15) is 0 Å². The summed E-state index contributed by atoms with van der Waals surface area (Å²) in [6, 6.07) is 12.4. The van der Waals surface area contributed by atoms with Gasteiger partial charge in [0.25, 0.3) is 0 Å². The Labute approximate surface area is 136 Å². The van der Waals surface area contributed by atoms with Crippen LogP contribution in [0.5, 0.6) is 0 Å². The SMILES string of the molecule is Cc1ccc(C)c(S(=O)(=O)NCC#Cc2cccc(Cl)c2)c1. The van der Waals surface area contributed by atoms with Gasteiger partial charge in [-0.1, -0.05) is 41.6 Å². The fourth-order valence-corrected chi connectivity index (χ4v) is 3.36. The lowest BCUT2D eigenvalue weighted by atomic mass is 10.2. The summed E-state index contributed by atoms with van der Waals surface area (Å²) in [7, 11) is -3.55. The first-order valence-electron chi connectivity index (χ1n) is 6.70. The third-order valence-corrected chi connectivity index (χ3v) is 4.82. The van der Waals surface area contributed by atoms with E-state index in [1.54, 1.807) is 37.3 Å². The second kappa shape index (κ2) is 6.97. The third-order valence-electron chi connectivity index (χ3n) is 3.04. The molecular formula is C17H16ClNO2S. The molecule has 22 heavy (non-hydrogen) atoms. The third kappa shape index (κ3) is 4.35. The van der Waals surface area contributed by atoms with Crippen molar-refractivity contribution in [2.45, 2.75) is 18.7 Å². The Morgan fingerprint density at radius 3 is 2.64 bits per heavy atom. The van der Waals surface area contributed by atoms with Gasteiger partial charge in [0.15, 0.2) is 0 Å². The van der Waals surface area contributed by atoms with Crippen molar-refractivity contribution in [2.75, 3.05) is 6.54 Å². The largest absolute Gasteiger partial charge is 0.241 e. The predicted molar refractivity (Wildman–Crippen MR) is 89.4 cm³/mol. The van der Waals surface area contributed by atoms with Crippen LogP contribution in [0.15, 0.2) is 47.4 Å². The Morgan fingerprint density at radius 2 is 1.91 bits per heavy atom. The number of halogens is 1. The Hall–Kier alpha value is -1.80. The minimum Gasteiger partial charge on any atom is -0.207 e. The smallest absolute Gasteiger partial charge is 0.207 e. The van der Waals surface area contributed by atoms with Gasteiger partial charge >= 0.3 is 0 Å². The van der Waals surface area contributed by atoms with Crippen molar-refractivity contribution in [1.29, 1.82) is 0 Å². The topological polar surface area (TPSA) is 46.2 Å². The van der Waals surface area contributed by atoms with Gasteiger partial charge in [0.05, 0.1) is 11.4 Å². The van der Waals surface area contributed by atoms with Crippen molar-refractivity contribution in [3.63, 3.8) is 0 Å². The minimum absolute atomic E-state index is 0.0439. The molecular weight excluding hydrogens is 318 g/mol. The zero-order valence-corrected chi connectivity index (χ0v) is 13.9. The Kier molecular flexibility index (Phi) is 5.25. The number of benzene rings is 2. The zero-order valence-electron chi connectivity index (χ0n) is 12.4. The van der Waals surface area contributed by atoms with E-state index in [9.17, 15) is 8.42 Å². The number of hydrogen-bond acceptors (Lipinski definition) is 2. The highest BCUT2D eigenvalue weighted by Crippen LogP contribution is 2.16. The van der Waals surface area contributed by atoms with Crippen LogP contribution < -0.4 is 4.72 Å². The Balaban J connectivity index is 2.10. The molecule has 0 unspecified atom stereocenters. The molecule has 3 nitrogen and oxygen atoms in total. The van der Waals surface area contributed by atoms with Crippen LogP contribution in [0.2, 0.25) is 5.02 Å². The summed E-state index contributed by atoms with van der Waals surface area (Å²) in [5.74, 6) is 5.66. The van der Waals surface area contributed by atoms with E-state index in [4.69, 9.17) is 11.6 Å². The second-order valence-corrected chi connectivity index (χ2v) is 7.08. The van der Waals surface area contributed by atoms with E-state index in [1.807, 2.05) is 19.1 Å². The van der Waals surface area contributed by atoms with Gasteiger partial charge in [-0.3, -0.25) is 0 Å². The van der Waals surface area contributed by atoms with Gasteiger partial charge in [-0.05, 0) is 49.2 Å². The van der Waals surface area contributed by atoms with Crippen molar-refractivity contribution in [3.8, 4) is 11.8 Å². The first-order chi connectivity index (χ1) is 10.4. The zero-order chi connectivity index (χ0) is 16.2. The second-order valence-electron chi connectivity index (χ2n) is 4.91. The minimum atomic E-state index is -3.55. The van der Waals surface area contributed by atoms with E-state index in [-0.39, 0.29) is 11.4 Å². The molecule has 0 spiro atoms. The summed E-state index contributed by atoms with van der Waals surface area (Å²) in [6.45, 7) is 3.67. The van der Waals surface area contributed by atoms with Gasteiger partial charge in [-0.25, -0.2) is 8.42 Å². The molecule has 0 aliphatic heterocycles. The van der Waals surface area contributed by atoms with E-state index in [2.05, 4.69) is 16.6 Å². The molecule has 0 saturated carbocycles. The molecule has 0 radical (unpaired) electrons. The fourth-order valence-electron chi connectivity index (χ4n) is 1.92. The summed E-state index contributed by atoms with van der Waals surface area (Å²) in [4.78, 5) is 0.289. The molecule has 0 bridgehead atoms. The average molecular weight is 334 g/mol. The summed E-state index contributed by atoms with van der Waals surface area (Å²) in [6.07, 6.45) is 0. The monoisotopic (exact) mass is 333 g/mol. The molecule has 0 fully saturated rings. The lowest BCUT2D eigenvalue weighted by molar-refractivity contribution is 0.585. The number of aryl methyl sites for hydroxylation is 2. The van der Waals surface area contributed by atoms with Gasteiger partial charge in [-0.15, -0.1) is 0 Å². The van der Waals surface area contributed by atoms with Crippen molar-refractivity contribution >= 4 is 21.6 Å². The number of sulfonamides is 1. The van der Waals surface area contributed by atoms with E-state index in [1.165, 1.54) is 0 Å². The fraction of sp³-hybridized carbons (Fsp3) is 0.176. The quantitative estimate of drug-likeness (QED) is 0.876. The van der Waals surface area contributed by atoms with Crippen LogP contribution >= 0.6 is 11.6 Å². The molecule has 114 valence electrons. The summed E-state index contributed by atoms with van der Waals surface area (Å²) < 4.78 is 27.0. The Morgan fingerprint density at radius 1 is 1.14 bits per heavy atom. The lowest BCUT2D eigenvalue weighted by Gasteiger charge is -2.08. The highest BCUT2D eigenvalue weighted by Gasteiger charge is 2.15. The number of nitrogens with one attached hydrogen (secondary N) is 1. The van der Waals surface area contributed by atoms with Crippen LogP contribution in [-0.4, -0.2) is 15.0 Å². The Bertz CT molecular complexity index is 848. The van der Waals surface area contributed by atoms with Crippen LogP contribution in [0.25, 0.3) is 0 Å². The molecule has 0 atom stereocenters. The standard InChI is InChI=1S/C17H16ClNO2S/c1-13-8-9-14(2)17(11-13)22(20,21)19-10-4-6-15-5-3-7-16(18)12-15/h3,5,7-9,11-12,19H,10H2,1-2H3. The van der Waals surface area contributed by atoms with E-state index >= 15 is 0 Å². The van der Waals surface area contributed by atoms with Gasteiger partial charge in [0, 0.05) is 10.6 Å². The lowest BCUT2D eigenvalue weighted by Crippen LogP contribution is -2.24. The molecule has 0 heterocycles. The molecule has 0 amide bonds. The normalized spacial score (nSPS) is 10.9. The van der Waals surface area contributed by atoms with Crippen LogP contribution in [0, 0.1) is 25.7 Å². The molecule has 0 aromatic heterocycles. The molecule has 0 aliphatic carbocycles. The highest BCUT2D eigenvalue weighted by molar-refractivity contribution is 7.89. The summed E-state index contributed by atoms with van der Waals surface area (Å²) in [5, 5.41) is 0.600. The van der Waals surface area contributed by atoms with Crippen molar-refractivity contribution in [3.05, 3.63) is 64.2 Å². The molecule has 5 heteroatoms. The van der Waals surface area contributed by atoms with E-state index < -0.39 is 10.0 Å². The van der Waals surface area contributed by atoms with Crippen molar-refractivity contribution in [2.24, 2.45) is 0 Å². The maximum Gasteiger partial charge on any atom is 0.241 e. The summed E-state index contributed by atoms with van der Waals surface area (Å²) in [5.41, 5.74) is 2.36. The molecule has 0 aliphatic rings. The predicted octanol–water partition coefficient (Wildman–Crippen LogP) is 3.29. The van der Waals surface area contributed by atoms with Gasteiger partial charge < -0.3 is 0 Å². The number of hydrogen-bond donors (Lipinski definition) is 1. The molecule has 1 N–H and O–H groups in total. The molecule has 2 aromatic rings. The molecule has 2 aromatic carbocycles. The summed E-state index contributed by atoms with van der Waals surface area (Å²) >= 11 is 5.86. The average Bonchev–Trinajstić information content (AvgIpc) is 2.46. The highest BCUT2D eigenvalue weighted by atomic mass is 35.5. The first kappa shape index (κ1) is 16.6. The van der Waals surface area contributed by atoms with Gasteiger partial charge in [-0.2, -0.15) is 4.72 Å². The van der Waals surface area contributed by atoms with Crippen LogP contribution in [-0.2, 0) is 10.0 Å².